The van der Waals surface area contributed by atoms with E-state index < -0.39 is 0 Å². The van der Waals surface area contributed by atoms with Crippen LogP contribution in [0.5, 0.6) is 0 Å². The third-order valence-electron chi connectivity index (χ3n) is 3.53. The van der Waals surface area contributed by atoms with Crippen molar-refractivity contribution in [2.45, 2.75) is 0 Å². The number of hydrogen-bond acceptors (Lipinski definition) is 3. The number of allylic oxidation sites excluding steroid dienone is 1. The number of hydrazine groups is 1. The zero-order valence-corrected chi connectivity index (χ0v) is 11.9. The lowest BCUT2D eigenvalue weighted by atomic mass is 10.1. The summed E-state index contributed by atoms with van der Waals surface area (Å²) in [5.74, 6) is 0. The van der Waals surface area contributed by atoms with E-state index in [1.807, 2.05) is 47.6 Å². The maximum absolute atomic E-state index is 5.96. The maximum Gasteiger partial charge on any atom is 0.116 e. The van der Waals surface area contributed by atoms with Gasteiger partial charge in [0.25, 0.3) is 0 Å². The molecule has 3 nitrogen and oxygen atoms in total. The smallest absolute Gasteiger partial charge is 0.116 e. The Balaban J connectivity index is 1.83. The van der Waals surface area contributed by atoms with E-state index in [4.69, 9.17) is 11.6 Å². The van der Waals surface area contributed by atoms with Crippen molar-refractivity contribution < 1.29 is 0 Å². The number of nitrogens with zero attached hydrogens (tertiary/aromatic N) is 3. The fourth-order valence-corrected chi connectivity index (χ4v) is 2.61. The van der Waals surface area contributed by atoms with Gasteiger partial charge >= 0.3 is 0 Å². The van der Waals surface area contributed by atoms with Crippen LogP contribution in [0, 0.1) is 0 Å². The van der Waals surface area contributed by atoms with Crippen LogP contribution in [0.15, 0.2) is 65.4 Å². The number of rotatable bonds is 1. The molecule has 102 valence electrons. The summed E-state index contributed by atoms with van der Waals surface area (Å²) in [4.78, 5) is 4.33. The van der Waals surface area contributed by atoms with Crippen molar-refractivity contribution in [3.63, 3.8) is 0 Å². The number of anilines is 1. The third-order valence-corrected chi connectivity index (χ3v) is 3.78. The first-order valence-corrected chi connectivity index (χ1v) is 7.05. The summed E-state index contributed by atoms with van der Waals surface area (Å²) in [6.07, 6.45) is 7.90. The highest BCUT2D eigenvalue weighted by atomic mass is 35.5. The molecule has 0 amide bonds. The molecule has 2 aromatic carbocycles. The van der Waals surface area contributed by atoms with Gasteiger partial charge in [0.1, 0.15) is 6.34 Å². The minimum absolute atomic E-state index is 0.725. The fourth-order valence-electron chi connectivity index (χ4n) is 2.49. The Hall–Kier alpha value is -2.52. The van der Waals surface area contributed by atoms with Gasteiger partial charge in [-0.15, -0.1) is 0 Å². The molecular weight excluding hydrogens is 282 g/mol. The molecule has 21 heavy (non-hydrogen) atoms. The van der Waals surface area contributed by atoms with E-state index in [0.717, 1.165) is 16.4 Å². The van der Waals surface area contributed by atoms with Crippen molar-refractivity contribution >= 4 is 35.9 Å². The minimum Gasteiger partial charge on any atom is -0.253 e. The van der Waals surface area contributed by atoms with Gasteiger partial charge in [-0.05, 0) is 35.6 Å². The Morgan fingerprint density at radius 3 is 2.43 bits per heavy atom. The second kappa shape index (κ2) is 4.79. The molecule has 0 saturated carbocycles. The van der Waals surface area contributed by atoms with Gasteiger partial charge in [-0.2, -0.15) is 0 Å². The molecule has 0 N–H and O–H groups in total. The van der Waals surface area contributed by atoms with Crippen LogP contribution >= 0.6 is 11.6 Å². The van der Waals surface area contributed by atoms with Gasteiger partial charge in [0.2, 0.25) is 0 Å². The fraction of sp³-hybridized carbons (Fsp3) is 0. The molecule has 4 heteroatoms. The molecule has 0 spiro atoms. The molecule has 2 aliphatic rings. The monoisotopic (exact) mass is 293 g/mol. The summed E-state index contributed by atoms with van der Waals surface area (Å²) in [5, 5.41) is 7.19. The zero-order chi connectivity index (χ0) is 14.2. The summed E-state index contributed by atoms with van der Waals surface area (Å²) in [7, 11) is 0. The van der Waals surface area contributed by atoms with Gasteiger partial charge < -0.3 is 0 Å². The molecular formula is C17H12ClN3. The van der Waals surface area contributed by atoms with E-state index in [0.29, 0.717) is 0 Å². The average Bonchev–Trinajstić information content (AvgIpc) is 2.53. The van der Waals surface area contributed by atoms with Crippen molar-refractivity contribution in [3.8, 4) is 0 Å². The van der Waals surface area contributed by atoms with Crippen LogP contribution in [0.4, 0.5) is 5.69 Å². The molecule has 2 aliphatic heterocycles. The number of hydrogen-bond donors (Lipinski definition) is 0. The van der Waals surface area contributed by atoms with Crippen LogP contribution in [0.1, 0.15) is 0 Å². The van der Waals surface area contributed by atoms with Crippen LogP contribution in [0.25, 0.3) is 12.3 Å². The van der Waals surface area contributed by atoms with Gasteiger partial charge in [-0.3, -0.25) is 5.01 Å². The molecule has 0 aromatic heterocycles. The van der Waals surface area contributed by atoms with Crippen LogP contribution in [0.3, 0.4) is 0 Å². The summed E-state index contributed by atoms with van der Waals surface area (Å²) >= 11 is 5.96. The van der Waals surface area contributed by atoms with E-state index in [2.05, 4.69) is 34.4 Å². The zero-order valence-electron chi connectivity index (χ0n) is 11.1. The lowest BCUT2D eigenvalue weighted by Crippen LogP contribution is -2.44. The Bertz CT molecular complexity index is 866. The first-order valence-electron chi connectivity index (χ1n) is 6.67. The van der Waals surface area contributed by atoms with E-state index in [1.165, 1.54) is 10.4 Å². The van der Waals surface area contributed by atoms with Gasteiger partial charge in [0.05, 0.1) is 17.6 Å². The normalized spacial score (nSPS) is 15.6. The molecule has 4 rings (SSSR count). The highest BCUT2D eigenvalue weighted by Gasteiger charge is 2.19. The topological polar surface area (TPSA) is 18.8 Å². The van der Waals surface area contributed by atoms with Crippen molar-refractivity contribution in [1.29, 1.82) is 0 Å². The minimum atomic E-state index is 0.725. The Kier molecular flexibility index (Phi) is 2.79. The predicted octanol–water partition coefficient (Wildman–Crippen LogP) is 2.48. The summed E-state index contributed by atoms with van der Waals surface area (Å²) < 4.78 is 0. The summed E-state index contributed by atoms with van der Waals surface area (Å²) in [6, 6.07) is 16.0. The molecule has 0 saturated heterocycles. The first-order chi connectivity index (χ1) is 10.3. The second-order valence-corrected chi connectivity index (χ2v) is 5.32. The average molecular weight is 294 g/mol. The summed E-state index contributed by atoms with van der Waals surface area (Å²) in [5.41, 5.74) is 2.05. The van der Waals surface area contributed by atoms with Crippen LogP contribution in [-0.2, 0) is 0 Å². The first kappa shape index (κ1) is 12.2. The molecule has 0 unspecified atom stereocenters. The largest absolute Gasteiger partial charge is 0.253 e. The van der Waals surface area contributed by atoms with E-state index in [9.17, 15) is 0 Å². The van der Waals surface area contributed by atoms with Crippen LogP contribution in [-0.4, -0.2) is 11.3 Å². The predicted molar refractivity (Wildman–Crippen MR) is 87.0 cm³/mol. The molecule has 2 heterocycles. The maximum atomic E-state index is 5.96. The SMILES string of the molecule is Clc1ccc(N2C=NC=C3C=c4ccccc4=CN32)cc1. The van der Waals surface area contributed by atoms with Crippen molar-refractivity contribution in [2.75, 3.05) is 5.01 Å². The van der Waals surface area contributed by atoms with E-state index in [1.54, 1.807) is 6.34 Å². The van der Waals surface area contributed by atoms with Crippen LogP contribution in [0.2, 0.25) is 5.02 Å². The highest BCUT2D eigenvalue weighted by Crippen LogP contribution is 2.24. The highest BCUT2D eigenvalue weighted by molar-refractivity contribution is 6.30. The number of fused-ring (bicyclic) bond motifs is 2. The lowest BCUT2D eigenvalue weighted by molar-refractivity contribution is 0.545. The molecule has 2 aromatic rings. The molecule has 0 fully saturated rings. The molecule has 0 atom stereocenters. The second-order valence-electron chi connectivity index (χ2n) is 4.89. The summed E-state index contributed by atoms with van der Waals surface area (Å²) in [6.45, 7) is 0. The van der Waals surface area contributed by atoms with Gasteiger partial charge in [-0.25, -0.2) is 10.0 Å². The van der Waals surface area contributed by atoms with Gasteiger partial charge in [0.15, 0.2) is 0 Å². The standard InChI is InChI=1S/C17H12ClN3/c18-15-5-7-16(8-6-15)21-12-19-10-17-9-13-3-1-2-4-14(13)11-20(17)21/h1-12H. The molecule has 0 aliphatic carbocycles. The van der Waals surface area contributed by atoms with Gasteiger partial charge in [0, 0.05) is 16.4 Å². The Labute approximate surface area is 127 Å². The van der Waals surface area contributed by atoms with Crippen molar-refractivity contribution in [3.05, 3.63) is 75.9 Å². The van der Waals surface area contributed by atoms with Crippen molar-refractivity contribution in [2.24, 2.45) is 4.99 Å². The van der Waals surface area contributed by atoms with E-state index >= 15 is 0 Å². The Morgan fingerprint density at radius 1 is 0.857 bits per heavy atom. The molecule has 0 bridgehead atoms. The van der Waals surface area contributed by atoms with E-state index in [-0.39, 0.29) is 0 Å². The molecule has 0 radical (unpaired) electrons. The quantitative estimate of drug-likeness (QED) is 0.804. The number of benzene rings is 2. The number of halogens is 1. The Morgan fingerprint density at radius 2 is 1.62 bits per heavy atom. The number of aliphatic imine (C=N–C) groups is 1. The lowest BCUT2D eigenvalue weighted by Gasteiger charge is -2.36. The third kappa shape index (κ3) is 2.12. The van der Waals surface area contributed by atoms with Crippen LogP contribution < -0.4 is 15.4 Å². The van der Waals surface area contributed by atoms with Gasteiger partial charge in [-0.1, -0.05) is 35.9 Å². The van der Waals surface area contributed by atoms with Crippen molar-refractivity contribution in [1.82, 2.24) is 5.01 Å².